The highest BCUT2D eigenvalue weighted by Gasteiger charge is 2.19. The monoisotopic (exact) mass is 300 g/mol. The highest BCUT2D eigenvalue weighted by Crippen LogP contribution is 2.19. The van der Waals surface area contributed by atoms with Crippen LogP contribution >= 0.6 is 0 Å². The summed E-state index contributed by atoms with van der Waals surface area (Å²) in [5.74, 6) is -1.39. The third-order valence-electron chi connectivity index (χ3n) is 3.17. The van der Waals surface area contributed by atoms with Gasteiger partial charge in [0.2, 0.25) is 0 Å². The van der Waals surface area contributed by atoms with E-state index in [4.69, 9.17) is 10.3 Å². The third kappa shape index (κ3) is 3.69. The highest BCUT2D eigenvalue weighted by molar-refractivity contribution is 5.97. The maximum atomic E-state index is 12.0. The largest absolute Gasteiger partial charge is 0.394 e. The maximum absolute atomic E-state index is 12.0. The van der Waals surface area contributed by atoms with E-state index in [9.17, 15) is 9.59 Å². The zero-order chi connectivity index (χ0) is 15.9. The predicted molar refractivity (Wildman–Crippen MR) is 80.1 cm³/mol. The molecule has 114 valence electrons. The molecule has 2 aromatic rings. The molecular formula is C16H16N2O4. The van der Waals surface area contributed by atoms with Gasteiger partial charge in [0, 0.05) is 5.56 Å². The van der Waals surface area contributed by atoms with Gasteiger partial charge in [-0.25, -0.2) is 5.48 Å². The van der Waals surface area contributed by atoms with Crippen molar-refractivity contribution in [2.24, 2.45) is 0 Å². The minimum absolute atomic E-state index is 0.351. The van der Waals surface area contributed by atoms with Gasteiger partial charge in [-0.3, -0.25) is 14.8 Å². The summed E-state index contributed by atoms with van der Waals surface area (Å²) in [6.45, 7) is -0.611. The zero-order valence-corrected chi connectivity index (χ0v) is 11.7. The number of amides is 2. The number of aliphatic hydroxyl groups excluding tert-OH is 1. The summed E-state index contributed by atoms with van der Waals surface area (Å²) in [6, 6.07) is 15.3. The summed E-state index contributed by atoms with van der Waals surface area (Å²) < 4.78 is 0. The van der Waals surface area contributed by atoms with Crippen LogP contribution in [0.3, 0.4) is 0 Å². The quantitative estimate of drug-likeness (QED) is 0.488. The van der Waals surface area contributed by atoms with Crippen molar-refractivity contribution in [3.8, 4) is 11.1 Å². The van der Waals surface area contributed by atoms with Gasteiger partial charge in [0.15, 0.2) is 0 Å². The molecule has 0 aliphatic heterocycles. The van der Waals surface area contributed by atoms with Crippen LogP contribution < -0.4 is 10.8 Å². The van der Waals surface area contributed by atoms with E-state index in [0.29, 0.717) is 5.56 Å². The SMILES string of the molecule is O=C(NC(CO)C(=O)NO)c1ccc(-c2ccccc2)cc1. The van der Waals surface area contributed by atoms with Crippen molar-refractivity contribution in [2.45, 2.75) is 6.04 Å². The molecule has 1 atom stereocenters. The Bertz CT molecular complexity index is 641. The highest BCUT2D eigenvalue weighted by atomic mass is 16.5. The first kappa shape index (κ1) is 15.7. The molecular weight excluding hydrogens is 284 g/mol. The van der Waals surface area contributed by atoms with Crippen LogP contribution in [0.25, 0.3) is 11.1 Å². The van der Waals surface area contributed by atoms with Crippen LogP contribution in [0.15, 0.2) is 54.6 Å². The van der Waals surface area contributed by atoms with Crippen LogP contribution in [0.4, 0.5) is 0 Å². The molecule has 0 saturated carbocycles. The Hall–Kier alpha value is -2.70. The second kappa shape index (κ2) is 7.35. The van der Waals surface area contributed by atoms with E-state index in [0.717, 1.165) is 11.1 Å². The molecule has 6 heteroatoms. The lowest BCUT2D eigenvalue weighted by Gasteiger charge is -2.14. The Morgan fingerprint density at radius 3 is 2.09 bits per heavy atom. The second-order valence-corrected chi connectivity index (χ2v) is 4.63. The van der Waals surface area contributed by atoms with Crippen LogP contribution in [0.2, 0.25) is 0 Å². The fourth-order valence-corrected chi connectivity index (χ4v) is 1.96. The first-order valence-electron chi connectivity index (χ1n) is 6.67. The summed E-state index contributed by atoms with van der Waals surface area (Å²) in [5, 5.41) is 19.9. The molecule has 6 nitrogen and oxygen atoms in total. The number of hydrogen-bond donors (Lipinski definition) is 4. The number of benzene rings is 2. The molecule has 2 aromatic carbocycles. The molecule has 0 heterocycles. The van der Waals surface area contributed by atoms with Crippen molar-refractivity contribution in [1.82, 2.24) is 10.8 Å². The van der Waals surface area contributed by atoms with Crippen molar-refractivity contribution in [2.75, 3.05) is 6.61 Å². The topological polar surface area (TPSA) is 98.7 Å². The first-order chi connectivity index (χ1) is 10.7. The standard InChI is InChI=1S/C16H16N2O4/c19-10-14(16(21)18-22)17-15(20)13-8-6-12(7-9-13)11-4-2-1-3-5-11/h1-9,14,19,22H,10H2,(H,17,20)(H,18,21). The summed E-state index contributed by atoms with van der Waals surface area (Å²) in [4.78, 5) is 23.2. The fourth-order valence-electron chi connectivity index (χ4n) is 1.96. The third-order valence-corrected chi connectivity index (χ3v) is 3.17. The maximum Gasteiger partial charge on any atom is 0.268 e. The molecule has 1 unspecified atom stereocenters. The van der Waals surface area contributed by atoms with Crippen molar-refractivity contribution < 1.29 is 19.9 Å². The Labute approximate surface area is 127 Å². The average Bonchev–Trinajstić information content (AvgIpc) is 2.59. The molecule has 0 saturated heterocycles. The van der Waals surface area contributed by atoms with Crippen molar-refractivity contribution in [3.63, 3.8) is 0 Å². The minimum atomic E-state index is -1.20. The number of rotatable bonds is 5. The number of carbonyl (C=O) groups is 2. The molecule has 0 aliphatic rings. The minimum Gasteiger partial charge on any atom is -0.394 e. The van der Waals surface area contributed by atoms with Crippen LogP contribution in [0.1, 0.15) is 10.4 Å². The van der Waals surface area contributed by atoms with Crippen molar-refractivity contribution in [1.29, 1.82) is 0 Å². The van der Waals surface area contributed by atoms with E-state index >= 15 is 0 Å². The Morgan fingerprint density at radius 2 is 1.55 bits per heavy atom. The Kier molecular flexibility index (Phi) is 5.24. The van der Waals surface area contributed by atoms with Gasteiger partial charge in [-0.15, -0.1) is 0 Å². The van der Waals surface area contributed by atoms with E-state index < -0.39 is 24.5 Å². The molecule has 0 bridgehead atoms. The first-order valence-corrected chi connectivity index (χ1v) is 6.67. The van der Waals surface area contributed by atoms with Gasteiger partial charge >= 0.3 is 0 Å². The second-order valence-electron chi connectivity index (χ2n) is 4.63. The number of carbonyl (C=O) groups excluding carboxylic acids is 2. The van der Waals surface area contributed by atoms with Crippen LogP contribution in [0, 0.1) is 0 Å². The van der Waals surface area contributed by atoms with E-state index in [1.807, 2.05) is 30.3 Å². The van der Waals surface area contributed by atoms with Crippen molar-refractivity contribution >= 4 is 11.8 Å². The molecule has 2 rings (SSSR count). The van der Waals surface area contributed by atoms with Crippen LogP contribution in [-0.4, -0.2) is 34.8 Å². The molecule has 0 radical (unpaired) electrons. The molecule has 2 amide bonds. The van der Waals surface area contributed by atoms with Crippen molar-refractivity contribution in [3.05, 3.63) is 60.2 Å². The van der Waals surface area contributed by atoms with Gasteiger partial charge in [-0.05, 0) is 23.3 Å². The molecule has 0 fully saturated rings. The van der Waals surface area contributed by atoms with Gasteiger partial charge in [0.1, 0.15) is 6.04 Å². The van der Waals surface area contributed by atoms with E-state index in [2.05, 4.69) is 5.32 Å². The molecule has 0 spiro atoms. The summed E-state index contributed by atoms with van der Waals surface area (Å²) >= 11 is 0. The zero-order valence-electron chi connectivity index (χ0n) is 11.7. The summed E-state index contributed by atoms with van der Waals surface area (Å²) in [7, 11) is 0. The Morgan fingerprint density at radius 1 is 0.955 bits per heavy atom. The van der Waals surface area contributed by atoms with Gasteiger partial charge in [-0.2, -0.15) is 0 Å². The summed E-state index contributed by atoms with van der Waals surface area (Å²) in [6.07, 6.45) is 0. The lowest BCUT2D eigenvalue weighted by atomic mass is 10.0. The predicted octanol–water partition coefficient (Wildman–Crippen LogP) is 0.950. The number of nitrogens with one attached hydrogen (secondary N) is 2. The van der Waals surface area contributed by atoms with E-state index in [-0.39, 0.29) is 0 Å². The smallest absolute Gasteiger partial charge is 0.268 e. The van der Waals surface area contributed by atoms with E-state index in [1.54, 1.807) is 24.3 Å². The number of aliphatic hydroxyl groups is 1. The fraction of sp³-hybridized carbons (Fsp3) is 0.125. The lowest BCUT2D eigenvalue weighted by molar-refractivity contribution is -0.132. The average molecular weight is 300 g/mol. The number of hydroxylamine groups is 1. The van der Waals surface area contributed by atoms with Crippen LogP contribution in [-0.2, 0) is 4.79 Å². The molecule has 0 aliphatic carbocycles. The van der Waals surface area contributed by atoms with Gasteiger partial charge in [0.25, 0.3) is 11.8 Å². The molecule has 4 N–H and O–H groups in total. The lowest BCUT2D eigenvalue weighted by Crippen LogP contribution is -2.48. The van der Waals surface area contributed by atoms with E-state index in [1.165, 1.54) is 5.48 Å². The summed E-state index contributed by atoms with van der Waals surface area (Å²) in [5.41, 5.74) is 3.73. The van der Waals surface area contributed by atoms with Gasteiger partial charge in [-0.1, -0.05) is 42.5 Å². The normalized spacial score (nSPS) is 11.5. The van der Waals surface area contributed by atoms with Gasteiger partial charge < -0.3 is 10.4 Å². The van der Waals surface area contributed by atoms with Crippen LogP contribution in [0.5, 0.6) is 0 Å². The van der Waals surface area contributed by atoms with Gasteiger partial charge in [0.05, 0.1) is 6.61 Å². The molecule has 0 aromatic heterocycles. The number of hydrogen-bond acceptors (Lipinski definition) is 4. The Balaban J connectivity index is 2.10. The molecule has 22 heavy (non-hydrogen) atoms.